The van der Waals surface area contributed by atoms with E-state index in [1.54, 1.807) is 30.3 Å². The van der Waals surface area contributed by atoms with E-state index < -0.39 is 58.6 Å². The van der Waals surface area contributed by atoms with Crippen LogP contribution >= 0.6 is 0 Å². The number of rotatable bonds is 7. The zero-order valence-electron chi connectivity index (χ0n) is 26.6. The van der Waals surface area contributed by atoms with Crippen LogP contribution in [0.15, 0.2) is 84.5 Å². The van der Waals surface area contributed by atoms with Crippen molar-refractivity contribution in [2.24, 2.45) is 29.6 Å². The fraction of sp³-hybridized carbons (Fsp3) is 0.297. The number of phenolic OH excluding ortho intramolecular Hbond substituents is 1. The van der Waals surface area contributed by atoms with Crippen LogP contribution in [-0.4, -0.2) is 58.2 Å². The molecule has 246 valence electrons. The van der Waals surface area contributed by atoms with Gasteiger partial charge < -0.3 is 14.6 Å². The number of fused-ring (bicyclic) bond motifs is 4. The van der Waals surface area contributed by atoms with Crippen LogP contribution in [0.5, 0.6) is 17.2 Å². The van der Waals surface area contributed by atoms with E-state index in [0.29, 0.717) is 16.8 Å². The molecule has 0 aromatic heterocycles. The molecule has 0 bridgehead atoms. The molecule has 0 unspecified atom stereocenters. The first-order valence-electron chi connectivity index (χ1n) is 15.8. The van der Waals surface area contributed by atoms with Crippen molar-refractivity contribution >= 4 is 35.4 Å². The van der Waals surface area contributed by atoms with Gasteiger partial charge in [0.1, 0.15) is 0 Å². The van der Waals surface area contributed by atoms with Crippen LogP contribution in [0.25, 0.3) is 6.08 Å². The number of allylic oxidation sites excluding steroid dienone is 3. The molecule has 3 N–H and O–H groups in total. The smallest absolute Gasteiger partial charge is 0.260 e. The second-order valence-corrected chi connectivity index (χ2v) is 12.8. The zero-order valence-corrected chi connectivity index (χ0v) is 26.6. The Kier molecular flexibility index (Phi) is 7.59. The normalized spacial score (nSPS) is 27.9. The number of nitrogens with one attached hydrogen (secondary N) is 1. The number of amides is 4. The molecule has 3 aromatic carbocycles. The Morgan fingerprint density at radius 3 is 2.21 bits per heavy atom. The number of aryl methyl sites for hydroxylation is 1. The molecule has 0 spiro atoms. The van der Waals surface area contributed by atoms with Crippen molar-refractivity contribution < 1.29 is 39.0 Å². The number of nitrogens with zero attached hydrogens (tertiary/aromatic N) is 2. The van der Waals surface area contributed by atoms with Crippen LogP contribution < -0.4 is 14.9 Å². The number of hydrogen-bond donors (Lipinski definition) is 3. The lowest BCUT2D eigenvalue weighted by atomic mass is 9.50. The first kappa shape index (κ1) is 31.2. The van der Waals surface area contributed by atoms with Crippen LogP contribution in [0.1, 0.15) is 29.5 Å². The third-order valence-electron chi connectivity index (χ3n) is 10.4. The van der Waals surface area contributed by atoms with E-state index in [4.69, 9.17) is 9.47 Å². The highest BCUT2D eigenvalue weighted by Crippen LogP contribution is 2.61. The molecule has 7 rings (SSSR count). The minimum atomic E-state index is -1.42. The summed E-state index contributed by atoms with van der Waals surface area (Å²) in [5, 5.41) is 22.2. The Balaban J connectivity index is 1.43. The fourth-order valence-electron chi connectivity index (χ4n) is 8.19. The van der Waals surface area contributed by atoms with Gasteiger partial charge in [-0.25, -0.2) is 0 Å². The molecule has 48 heavy (non-hydrogen) atoms. The first-order chi connectivity index (χ1) is 23.1. The fourth-order valence-corrected chi connectivity index (χ4v) is 8.19. The Hall–Kier alpha value is -5.42. The highest BCUT2D eigenvalue weighted by molar-refractivity contribution is 6.12. The van der Waals surface area contributed by atoms with Crippen molar-refractivity contribution in [1.82, 2.24) is 10.1 Å². The van der Waals surface area contributed by atoms with E-state index >= 15 is 4.79 Å². The quantitative estimate of drug-likeness (QED) is 0.189. The molecule has 11 heteroatoms. The molecule has 2 saturated heterocycles. The number of hydrogen-bond acceptors (Lipinski definition) is 9. The van der Waals surface area contributed by atoms with Gasteiger partial charge in [0.05, 0.1) is 43.1 Å². The van der Waals surface area contributed by atoms with E-state index in [1.807, 2.05) is 61.5 Å². The number of carbonyl (C=O) groups is 4. The maximum atomic E-state index is 15.0. The van der Waals surface area contributed by atoms with E-state index in [-0.39, 0.29) is 35.2 Å². The van der Waals surface area contributed by atoms with Gasteiger partial charge >= 0.3 is 0 Å². The number of phenols is 1. The summed E-state index contributed by atoms with van der Waals surface area (Å²) >= 11 is 0. The van der Waals surface area contributed by atoms with Crippen molar-refractivity contribution in [3.8, 4) is 17.2 Å². The largest absolute Gasteiger partial charge is 0.502 e. The molecular weight excluding hydrogens is 614 g/mol. The van der Waals surface area contributed by atoms with Gasteiger partial charge in [0.15, 0.2) is 11.5 Å². The van der Waals surface area contributed by atoms with E-state index in [2.05, 4.69) is 5.43 Å². The molecule has 6 atom stereocenters. The minimum absolute atomic E-state index is 0.122. The molecule has 4 aliphatic rings. The van der Waals surface area contributed by atoms with Gasteiger partial charge in [0.25, 0.3) is 23.6 Å². The summed E-state index contributed by atoms with van der Waals surface area (Å²) in [7, 11) is 2.85. The maximum absolute atomic E-state index is 15.0. The SMILES string of the molecule is COc1cc(C=C[C@H]2C3=CC[C@@H]4C(=O)N(O)C(=O)[C@@H]4[C@@H]3C[C@H]3C(=O)N(Nc4ccc(C)cc4)C(=O)[C@@]23c2ccccc2)cc(OC)c1O. The topological polar surface area (TPSA) is 146 Å². The second-order valence-electron chi connectivity index (χ2n) is 12.8. The van der Waals surface area contributed by atoms with Gasteiger partial charge in [-0.2, -0.15) is 10.1 Å². The van der Waals surface area contributed by atoms with Gasteiger partial charge in [-0.1, -0.05) is 71.8 Å². The number of benzene rings is 3. The Morgan fingerprint density at radius 2 is 1.56 bits per heavy atom. The first-order valence-corrected chi connectivity index (χ1v) is 15.8. The van der Waals surface area contributed by atoms with Gasteiger partial charge in [0.2, 0.25) is 5.75 Å². The van der Waals surface area contributed by atoms with Crippen molar-refractivity contribution in [2.75, 3.05) is 19.6 Å². The predicted octanol–water partition coefficient (Wildman–Crippen LogP) is 4.64. The molecule has 11 nitrogen and oxygen atoms in total. The van der Waals surface area contributed by atoms with E-state index in [9.17, 15) is 24.7 Å². The summed E-state index contributed by atoms with van der Waals surface area (Å²) in [5.41, 5.74) is 5.20. The number of imide groups is 2. The number of anilines is 1. The van der Waals surface area contributed by atoms with E-state index in [1.165, 1.54) is 14.2 Å². The standard InChI is InChI=1S/C37H35N3O8/c1-20-9-12-23(13-10-20)38-39-34(43)28-19-26-24(14-15-25-31(26)35(44)40(46)33(25)42)27(37(28,36(39)45)22-7-5-4-6-8-22)16-11-21-17-29(47-2)32(41)30(18-21)48-3/h4-14,16-18,25-28,31,38,41,46H,15,19H2,1-3H3/t25-,26+,27-,28-,31-,37-/m0/s1. The van der Waals surface area contributed by atoms with Gasteiger partial charge in [0, 0.05) is 5.92 Å². The number of hydrazine groups is 1. The molecule has 3 fully saturated rings. The van der Waals surface area contributed by atoms with E-state index in [0.717, 1.165) is 16.1 Å². The highest BCUT2D eigenvalue weighted by atomic mass is 16.5. The molecule has 2 heterocycles. The third-order valence-corrected chi connectivity index (χ3v) is 10.4. The Morgan fingerprint density at radius 1 is 0.896 bits per heavy atom. The lowest BCUT2D eigenvalue weighted by Crippen LogP contribution is -2.54. The van der Waals surface area contributed by atoms with Crippen LogP contribution in [0, 0.1) is 36.5 Å². The summed E-state index contributed by atoms with van der Waals surface area (Å²) in [6.45, 7) is 1.94. The van der Waals surface area contributed by atoms with Crippen molar-refractivity contribution in [2.45, 2.75) is 25.2 Å². The molecule has 2 aliphatic heterocycles. The summed E-state index contributed by atoms with van der Waals surface area (Å²) in [6, 6.07) is 19.8. The maximum Gasteiger partial charge on any atom is 0.260 e. The number of aromatic hydroxyl groups is 1. The summed E-state index contributed by atoms with van der Waals surface area (Å²) in [6.07, 6.45) is 5.85. The molecule has 2 aliphatic carbocycles. The lowest BCUT2D eigenvalue weighted by molar-refractivity contribution is -0.173. The average Bonchev–Trinajstić information content (AvgIpc) is 3.45. The van der Waals surface area contributed by atoms with Gasteiger partial charge in [-0.15, -0.1) is 0 Å². The second kappa shape index (κ2) is 11.7. The highest BCUT2D eigenvalue weighted by Gasteiger charge is 2.69. The lowest BCUT2D eigenvalue weighted by Gasteiger charge is -2.49. The number of hydroxylamine groups is 2. The summed E-state index contributed by atoms with van der Waals surface area (Å²) in [5.74, 6) is -5.93. The number of ether oxygens (including phenoxy) is 2. The van der Waals surface area contributed by atoms with Crippen LogP contribution in [-0.2, 0) is 24.6 Å². The molecule has 4 amide bonds. The summed E-state index contributed by atoms with van der Waals surface area (Å²) < 4.78 is 10.7. The molecule has 3 aromatic rings. The van der Waals surface area contributed by atoms with Crippen molar-refractivity contribution in [1.29, 1.82) is 0 Å². The monoisotopic (exact) mass is 649 g/mol. The Bertz CT molecular complexity index is 1860. The number of methoxy groups -OCH3 is 2. The van der Waals surface area contributed by atoms with Gasteiger partial charge in [-0.3, -0.25) is 29.8 Å². The molecule has 1 saturated carbocycles. The zero-order chi connectivity index (χ0) is 33.9. The van der Waals surface area contributed by atoms with Crippen LogP contribution in [0.3, 0.4) is 0 Å². The predicted molar refractivity (Wildman–Crippen MR) is 173 cm³/mol. The molecule has 0 radical (unpaired) electrons. The third kappa shape index (κ3) is 4.52. The minimum Gasteiger partial charge on any atom is -0.502 e. The van der Waals surface area contributed by atoms with Crippen molar-refractivity contribution in [3.63, 3.8) is 0 Å². The summed E-state index contributed by atoms with van der Waals surface area (Å²) in [4.78, 5) is 55.8. The van der Waals surface area contributed by atoms with Crippen LogP contribution in [0.4, 0.5) is 5.69 Å². The van der Waals surface area contributed by atoms with Gasteiger partial charge in [-0.05, 0) is 61.1 Å². The average molecular weight is 650 g/mol. The molecular formula is C37H35N3O8. The number of carbonyl (C=O) groups excluding carboxylic acids is 4. The van der Waals surface area contributed by atoms with Crippen LogP contribution in [0.2, 0.25) is 0 Å². The van der Waals surface area contributed by atoms with Crippen molar-refractivity contribution in [3.05, 3.63) is 101 Å². The Labute approximate surface area is 277 Å².